The minimum atomic E-state index is 0. The van der Waals surface area contributed by atoms with Crippen LogP contribution in [0.2, 0.25) is 0 Å². The molecule has 0 saturated heterocycles. The summed E-state index contributed by atoms with van der Waals surface area (Å²) < 4.78 is 0. The summed E-state index contributed by atoms with van der Waals surface area (Å²) in [7, 11) is 0. The molecule has 0 aromatic carbocycles. The fourth-order valence-electron chi connectivity index (χ4n) is 0.158. The van der Waals surface area contributed by atoms with Gasteiger partial charge in [0.15, 0.2) is 0 Å². The second-order valence-corrected chi connectivity index (χ2v) is 1.93. The Hall–Kier alpha value is 0.726. The van der Waals surface area contributed by atoms with Crippen molar-refractivity contribution in [2.75, 3.05) is 6.61 Å². The van der Waals surface area contributed by atoms with Crippen LogP contribution in [0.3, 0.4) is 0 Å². The van der Waals surface area contributed by atoms with Crippen LogP contribution in [0.25, 0.3) is 0 Å². The number of rotatable bonds is 3. The maximum absolute atomic E-state index is 8.07. The number of unbranched alkanes of at least 4 members (excludes halogenated alkanes) is 2. The third-order valence-electron chi connectivity index (χ3n) is 0.865. The van der Waals surface area contributed by atoms with Crippen LogP contribution in [0.4, 0.5) is 0 Å². The van der Waals surface area contributed by atoms with Crippen LogP contribution in [0.1, 0.15) is 46.5 Å². The molecular formula is C10H24MgO. The molecule has 12 heavy (non-hydrogen) atoms. The molecule has 2 heteroatoms. The van der Waals surface area contributed by atoms with Gasteiger partial charge in [0.2, 0.25) is 0 Å². The Morgan fingerprint density at radius 2 is 1.42 bits per heavy atom. The number of hydrogen-bond donors (Lipinski definition) is 1. The van der Waals surface area contributed by atoms with Gasteiger partial charge in [0.05, 0.1) is 0 Å². The van der Waals surface area contributed by atoms with Gasteiger partial charge in [0.1, 0.15) is 0 Å². The molecule has 0 aromatic heterocycles. The van der Waals surface area contributed by atoms with Crippen molar-refractivity contribution < 1.29 is 5.11 Å². The molecule has 0 saturated carbocycles. The van der Waals surface area contributed by atoms with Gasteiger partial charge in [-0.2, -0.15) is 13.3 Å². The first-order valence-corrected chi connectivity index (χ1v) is 4.44. The normalized spacial score (nSPS) is 6.50. The van der Waals surface area contributed by atoms with E-state index in [4.69, 9.17) is 5.11 Å². The Bertz CT molecular complexity index is 29.0. The number of aliphatic hydroxyl groups excluding tert-OH is 1. The van der Waals surface area contributed by atoms with E-state index in [1.165, 1.54) is 6.42 Å². The van der Waals surface area contributed by atoms with Crippen molar-refractivity contribution in [2.24, 2.45) is 0 Å². The van der Waals surface area contributed by atoms with Crippen molar-refractivity contribution in [1.82, 2.24) is 0 Å². The third-order valence-corrected chi connectivity index (χ3v) is 0.865. The molecule has 0 unspecified atom stereocenters. The molecule has 0 aromatic rings. The second-order valence-electron chi connectivity index (χ2n) is 1.93. The van der Waals surface area contributed by atoms with Gasteiger partial charge in [-0.25, -0.2) is 0 Å². The van der Waals surface area contributed by atoms with Crippen LogP contribution in [0, 0.1) is 13.8 Å². The van der Waals surface area contributed by atoms with Gasteiger partial charge in [-0.15, -0.1) is 0 Å². The molecule has 0 aliphatic rings. The SMILES string of the molecule is CCCCO.[CH2-]C.[CH2-]CCC.[Mg+2]. The molecule has 0 aliphatic carbocycles. The van der Waals surface area contributed by atoms with Crippen molar-refractivity contribution in [3.8, 4) is 0 Å². The standard InChI is InChI=1S/C4H10O.C4H9.C2H5.Mg/c1-2-3-4-5;1-3-4-2;1-2;/h5H,2-4H2,1H3;1,3-4H2,2H3;1H2,2H3;/q;2*-1;+2. The minimum Gasteiger partial charge on any atom is -0.396 e. The Morgan fingerprint density at radius 3 is 1.42 bits per heavy atom. The number of hydrogen-bond acceptors (Lipinski definition) is 1. The molecule has 0 radical (unpaired) electrons. The Balaban J connectivity index is -0.0000000419. The maximum Gasteiger partial charge on any atom is 2.00 e. The maximum atomic E-state index is 8.07. The van der Waals surface area contributed by atoms with Gasteiger partial charge in [0, 0.05) is 6.61 Å². The van der Waals surface area contributed by atoms with Crippen molar-refractivity contribution in [2.45, 2.75) is 46.5 Å². The van der Waals surface area contributed by atoms with Gasteiger partial charge in [-0.1, -0.05) is 26.7 Å². The quantitative estimate of drug-likeness (QED) is 0.528. The van der Waals surface area contributed by atoms with E-state index < -0.39 is 0 Å². The zero-order chi connectivity index (χ0) is 9.54. The number of aliphatic hydroxyl groups is 1. The Morgan fingerprint density at radius 1 is 1.08 bits per heavy atom. The van der Waals surface area contributed by atoms with Gasteiger partial charge >= 0.3 is 23.1 Å². The van der Waals surface area contributed by atoms with Gasteiger partial charge < -0.3 is 19.0 Å². The van der Waals surface area contributed by atoms with Crippen LogP contribution in [0.15, 0.2) is 0 Å². The summed E-state index contributed by atoms with van der Waals surface area (Å²) in [4.78, 5) is 0. The first-order chi connectivity index (χ1) is 5.33. The molecule has 0 bridgehead atoms. The van der Waals surface area contributed by atoms with Crippen molar-refractivity contribution in [3.63, 3.8) is 0 Å². The van der Waals surface area contributed by atoms with Crippen LogP contribution in [0.5, 0.6) is 0 Å². The summed E-state index contributed by atoms with van der Waals surface area (Å²) in [5.41, 5.74) is 0. The molecular weight excluding hydrogens is 160 g/mol. The van der Waals surface area contributed by atoms with E-state index >= 15 is 0 Å². The molecule has 0 atom stereocenters. The van der Waals surface area contributed by atoms with E-state index in [-0.39, 0.29) is 23.1 Å². The van der Waals surface area contributed by atoms with Gasteiger partial charge in [-0.05, 0) is 6.42 Å². The minimum absolute atomic E-state index is 0. The first kappa shape index (κ1) is 23.0. The summed E-state index contributed by atoms with van der Waals surface area (Å²) in [6, 6.07) is 0. The van der Waals surface area contributed by atoms with E-state index in [1.807, 2.05) is 0 Å². The Kier molecular flexibility index (Phi) is 78.8. The van der Waals surface area contributed by atoms with Crippen LogP contribution >= 0.6 is 0 Å². The van der Waals surface area contributed by atoms with Gasteiger partial charge in [-0.3, -0.25) is 0 Å². The summed E-state index contributed by atoms with van der Waals surface area (Å²) in [5.74, 6) is 0. The van der Waals surface area contributed by atoms with E-state index in [2.05, 4.69) is 27.7 Å². The zero-order valence-electron chi connectivity index (χ0n) is 9.10. The van der Waals surface area contributed by atoms with Crippen molar-refractivity contribution >= 4 is 23.1 Å². The van der Waals surface area contributed by atoms with E-state index in [0.717, 1.165) is 19.3 Å². The topological polar surface area (TPSA) is 20.2 Å². The largest absolute Gasteiger partial charge is 2.00 e. The predicted molar refractivity (Wildman–Crippen MR) is 59.0 cm³/mol. The third kappa shape index (κ3) is 73.1. The van der Waals surface area contributed by atoms with Crippen LogP contribution in [-0.4, -0.2) is 34.8 Å². The fraction of sp³-hybridized carbons (Fsp3) is 0.800. The molecule has 0 fully saturated rings. The van der Waals surface area contributed by atoms with Crippen LogP contribution < -0.4 is 0 Å². The molecule has 0 amide bonds. The molecule has 1 N–H and O–H groups in total. The van der Waals surface area contributed by atoms with Crippen molar-refractivity contribution in [1.29, 1.82) is 0 Å². The average molecular weight is 185 g/mol. The second kappa shape index (κ2) is 41.1. The molecule has 0 spiro atoms. The molecule has 1 nitrogen and oxygen atoms in total. The summed E-state index contributed by atoms with van der Waals surface area (Å²) >= 11 is 0. The zero-order valence-corrected chi connectivity index (χ0v) is 10.5. The fourth-order valence-corrected chi connectivity index (χ4v) is 0.158. The molecule has 72 valence electrons. The van der Waals surface area contributed by atoms with E-state index in [9.17, 15) is 0 Å². The van der Waals surface area contributed by atoms with E-state index in [1.54, 1.807) is 6.92 Å². The predicted octanol–water partition coefficient (Wildman–Crippen LogP) is 2.86. The Labute approximate surface area is 95.1 Å². The summed E-state index contributed by atoms with van der Waals surface area (Å²) in [6.45, 7) is 13.1. The summed E-state index contributed by atoms with van der Waals surface area (Å²) in [6.07, 6.45) is 4.32. The molecule has 0 aliphatic heterocycles. The monoisotopic (exact) mass is 184 g/mol. The first-order valence-electron chi connectivity index (χ1n) is 4.44. The molecule has 0 rings (SSSR count). The average Bonchev–Trinajstić information content (AvgIpc) is 2.10. The summed E-state index contributed by atoms with van der Waals surface area (Å²) in [5, 5.41) is 8.07. The molecule has 0 heterocycles. The van der Waals surface area contributed by atoms with Crippen molar-refractivity contribution in [3.05, 3.63) is 13.8 Å². The smallest absolute Gasteiger partial charge is 0.396 e. The van der Waals surface area contributed by atoms with Gasteiger partial charge in [0.25, 0.3) is 0 Å². The van der Waals surface area contributed by atoms with E-state index in [0.29, 0.717) is 6.61 Å². The van der Waals surface area contributed by atoms with Crippen LogP contribution in [-0.2, 0) is 0 Å².